The lowest BCUT2D eigenvalue weighted by atomic mass is 10.3. The van der Waals surface area contributed by atoms with Crippen molar-refractivity contribution in [3.63, 3.8) is 0 Å². The summed E-state index contributed by atoms with van der Waals surface area (Å²) < 4.78 is 68.0. The highest BCUT2D eigenvalue weighted by atomic mass is 32.2. The Morgan fingerprint density at radius 1 is 1.00 bits per heavy atom. The smallest absolute Gasteiger partial charge is 0.406 e. The molecular weight excluding hydrogens is 449 g/mol. The summed E-state index contributed by atoms with van der Waals surface area (Å²) in [6.45, 7) is 0.257. The summed E-state index contributed by atoms with van der Waals surface area (Å²) in [7, 11) is -4.09. The highest BCUT2D eigenvalue weighted by molar-refractivity contribution is 7.92. The van der Waals surface area contributed by atoms with E-state index in [1.807, 2.05) is 0 Å². The Morgan fingerprint density at radius 3 is 2.41 bits per heavy atom. The number of hydrogen-bond donors (Lipinski definition) is 3. The van der Waals surface area contributed by atoms with Crippen molar-refractivity contribution in [2.75, 3.05) is 10.0 Å². The quantitative estimate of drug-likeness (QED) is 0.486. The zero-order chi connectivity index (χ0) is 23.2. The summed E-state index contributed by atoms with van der Waals surface area (Å²) in [5.41, 5.74) is 1.04. The molecule has 1 heterocycles. The van der Waals surface area contributed by atoms with Crippen LogP contribution in [-0.4, -0.2) is 25.8 Å². The van der Waals surface area contributed by atoms with Gasteiger partial charge in [0, 0.05) is 30.7 Å². The SMILES string of the molecule is O=C(NCc1cccnc1)Nc1ccc(S(=O)(=O)Nc2cccc(OC(F)(F)F)c2)cc1. The van der Waals surface area contributed by atoms with Gasteiger partial charge in [-0.3, -0.25) is 9.71 Å². The van der Waals surface area contributed by atoms with Gasteiger partial charge in [0.1, 0.15) is 5.75 Å². The molecule has 0 saturated heterocycles. The zero-order valence-electron chi connectivity index (χ0n) is 16.3. The van der Waals surface area contributed by atoms with Gasteiger partial charge in [-0.15, -0.1) is 13.2 Å². The average molecular weight is 466 g/mol. The molecule has 0 unspecified atom stereocenters. The van der Waals surface area contributed by atoms with Crippen LogP contribution < -0.4 is 20.1 Å². The molecule has 0 aliphatic heterocycles. The number of nitrogens with zero attached hydrogens (tertiary/aromatic N) is 1. The number of hydrogen-bond acceptors (Lipinski definition) is 5. The molecule has 8 nitrogen and oxygen atoms in total. The minimum absolute atomic E-state index is 0.108. The van der Waals surface area contributed by atoms with Crippen LogP contribution in [0.15, 0.2) is 78.0 Å². The maximum atomic E-state index is 12.5. The van der Waals surface area contributed by atoms with Gasteiger partial charge in [-0.25, -0.2) is 13.2 Å². The second-order valence-electron chi connectivity index (χ2n) is 6.37. The summed E-state index contributed by atoms with van der Waals surface area (Å²) in [4.78, 5) is 15.8. The van der Waals surface area contributed by atoms with E-state index in [0.717, 1.165) is 17.7 Å². The van der Waals surface area contributed by atoms with E-state index in [9.17, 15) is 26.4 Å². The van der Waals surface area contributed by atoms with Gasteiger partial charge in [0.15, 0.2) is 0 Å². The number of ether oxygens (including phenoxy) is 1. The van der Waals surface area contributed by atoms with Gasteiger partial charge in [0.05, 0.1) is 10.6 Å². The molecule has 0 radical (unpaired) electrons. The standard InChI is InChI=1S/C20H17F3N4O4S/c21-20(22,23)31-17-5-1-4-16(11-17)27-32(29,30)18-8-6-15(7-9-18)26-19(28)25-13-14-3-2-10-24-12-14/h1-12,27H,13H2,(H2,25,26,28). The fourth-order valence-corrected chi connectivity index (χ4v) is 3.60. The molecule has 0 fully saturated rings. The van der Waals surface area contributed by atoms with Gasteiger partial charge in [0.25, 0.3) is 10.0 Å². The van der Waals surface area contributed by atoms with Crippen LogP contribution in [-0.2, 0) is 16.6 Å². The van der Waals surface area contributed by atoms with Crippen LogP contribution in [0.4, 0.5) is 29.3 Å². The van der Waals surface area contributed by atoms with Crippen LogP contribution in [0.1, 0.15) is 5.56 Å². The number of nitrogens with one attached hydrogen (secondary N) is 3. The second-order valence-corrected chi connectivity index (χ2v) is 8.06. The van der Waals surface area contributed by atoms with Crippen molar-refractivity contribution in [1.82, 2.24) is 10.3 Å². The van der Waals surface area contributed by atoms with Gasteiger partial charge in [-0.05, 0) is 48.0 Å². The first kappa shape index (κ1) is 22.9. The van der Waals surface area contributed by atoms with Crippen LogP contribution in [0.5, 0.6) is 5.75 Å². The Hall–Kier alpha value is -3.80. The van der Waals surface area contributed by atoms with E-state index < -0.39 is 28.2 Å². The molecule has 0 aliphatic carbocycles. The van der Waals surface area contributed by atoms with Gasteiger partial charge in [-0.1, -0.05) is 12.1 Å². The van der Waals surface area contributed by atoms with E-state index in [1.54, 1.807) is 24.5 Å². The molecule has 0 atom stereocenters. The number of halogens is 3. The molecule has 0 bridgehead atoms. The predicted octanol–water partition coefficient (Wildman–Crippen LogP) is 4.10. The highest BCUT2D eigenvalue weighted by Crippen LogP contribution is 2.26. The van der Waals surface area contributed by atoms with E-state index in [0.29, 0.717) is 5.69 Å². The molecule has 2 aromatic carbocycles. The zero-order valence-corrected chi connectivity index (χ0v) is 17.1. The summed E-state index contributed by atoms with van der Waals surface area (Å²) in [6, 6.07) is 12.7. The molecule has 168 valence electrons. The van der Waals surface area contributed by atoms with Crippen molar-refractivity contribution in [3.05, 3.63) is 78.6 Å². The normalized spacial score (nSPS) is 11.5. The van der Waals surface area contributed by atoms with Crippen LogP contribution in [0.2, 0.25) is 0 Å². The molecule has 2 amide bonds. The number of anilines is 2. The summed E-state index contributed by atoms with van der Waals surface area (Å²) in [5, 5.41) is 5.19. The lowest BCUT2D eigenvalue weighted by molar-refractivity contribution is -0.274. The van der Waals surface area contributed by atoms with Gasteiger partial charge in [-0.2, -0.15) is 0 Å². The van der Waals surface area contributed by atoms with Crippen molar-refractivity contribution in [3.8, 4) is 5.75 Å². The number of benzene rings is 2. The van der Waals surface area contributed by atoms with E-state index >= 15 is 0 Å². The van der Waals surface area contributed by atoms with E-state index in [2.05, 4.69) is 25.1 Å². The molecular formula is C20H17F3N4O4S. The largest absolute Gasteiger partial charge is 0.573 e. The summed E-state index contributed by atoms with van der Waals surface area (Å²) in [6.07, 6.45) is -1.68. The fraction of sp³-hybridized carbons (Fsp3) is 0.100. The van der Waals surface area contributed by atoms with Crippen LogP contribution in [0.3, 0.4) is 0 Å². The molecule has 0 saturated carbocycles. The third kappa shape index (κ3) is 6.87. The Kier molecular flexibility index (Phi) is 6.83. The van der Waals surface area contributed by atoms with Gasteiger partial charge >= 0.3 is 12.4 Å². The number of alkyl halides is 3. The minimum atomic E-state index is -4.90. The van der Waals surface area contributed by atoms with Gasteiger partial charge < -0.3 is 15.4 Å². The number of pyridine rings is 1. The van der Waals surface area contributed by atoms with Crippen LogP contribution >= 0.6 is 0 Å². The molecule has 32 heavy (non-hydrogen) atoms. The molecule has 0 spiro atoms. The van der Waals surface area contributed by atoms with Crippen LogP contribution in [0, 0.1) is 0 Å². The third-order valence-corrected chi connectivity index (χ3v) is 5.32. The predicted molar refractivity (Wildman–Crippen MR) is 110 cm³/mol. The third-order valence-electron chi connectivity index (χ3n) is 3.92. The topological polar surface area (TPSA) is 109 Å². The van der Waals surface area contributed by atoms with E-state index in [4.69, 9.17) is 0 Å². The highest BCUT2D eigenvalue weighted by Gasteiger charge is 2.31. The molecule has 3 N–H and O–H groups in total. The van der Waals surface area contributed by atoms with Crippen LogP contribution in [0.25, 0.3) is 0 Å². The number of urea groups is 1. The van der Waals surface area contributed by atoms with Crippen molar-refractivity contribution in [1.29, 1.82) is 0 Å². The van der Waals surface area contributed by atoms with Crippen molar-refractivity contribution in [2.24, 2.45) is 0 Å². The first-order valence-corrected chi connectivity index (χ1v) is 10.5. The number of aromatic nitrogens is 1. The average Bonchev–Trinajstić information content (AvgIpc) is 2.72. The van der Waals surface area contributed by atoms with Crippen molar-refractivity contribution >= 4 is 27.4 Å². The van der Waals surface area contributed by atoms with E-state index in [-0.39, 0.29) is 17.1 Å². The number of carbonyl (C=O) groups is 1. The minimum Gasteiger partial charge on any atom is -0.406 e. The second kappa shape index (κ2) is 9.56. The maximum absolute atomic E-state index is 12.5. The first-order chi connectivity index (χ1) is 15.1. The Labute approximate surface area is 181 Å². The lowest BCUT2D eigenvalue weighted by Crippen LogP contribution is -2.28. The Morgan fingerprint density at radius 2 is 1.75 bits per heavy atom. The number of carbonyl (C=O) groups excluding carboxylic acids is 1. The molecule has 3 aromatic rings. The number of sulfonamides is 1. The molecule has 12 heteroatoms. The number of amides is 2. The maximum Gasteiger partial charge on any atom is 0.573 e. The fourth-order valence-electron chi connectivity index (χ4n) is 2.55. The number of rotatable bonds is 7. The first-order valence-electron chi connectivity index (χ1n) is 9.03. The Bertz CT molecular complexity index is 1170. The monoisotopic (exact) mass is 466 g/mol. The molecule has 3 rings (SSSR count). The lowest BCUT2D eigenvalue weighted by Gasteiger charge is -2.12. The Balaban J connectivity index is 1.61. The summed E-state index contributed by atoms with van der Waals surface area (Å²) >= 11 is 0. The molecule has 1 aromatic heterocycles. The van der Waals surface area contributed by atoms with Crippen molar-refractivity contribution in [2.45, 2.75) is 17.8 Å². The van der Waals surface area contributed by atoms with E-state index in [1.165, 1.54) is 36.4 Å². The van der Waals surface area contributed by atoms with Crippen molar-refractivity contribution < 1.29 is 31.1 Å². The van der Waals surface area contributed by atoms with Gasteiger partial charge in [0.2, 0.25) is 0 Å². The summed E-state index contributed by atoms with van der Waals surface area (Å²) in [5.74, 6) is -0.561. The molecule has 0 aliphatic rings.